The molecule has 0 nitrogen and oxygen atoms in total. The SMILES string of the molecule is CC(C)(C)C1=CC=C[SiH]1C(C)(C)C. The van der Waals surface area contributed by atoms with Crippen molar-refractivity contribution in [2.75, 3.05) is 0 Å². The van der Waals surface area contributed by atoms with Crippen LogP contribution < -0.4 is 0 Å². The molecule has 0 aromatic rings. The molecule has 13 heavy (non-hydrogen) atoms. The van der Waals surface area contributed by atoms with E-state index in [4.69, 9.17) is 0 Å². The van der Waals surface area contributed by atoms with Gasteiger partial charge in [0.15, 0.2) is 0 Å². The van der Waals surface area contributed by atoms with E-state index < -0.39 is 8.80 Å². The van der Waals surface area contributed by atoms with Gasteiger partial charge in [0, 0.05) is 0 Å². The van der Waals surface area contributed by atoms with Crippen LogP contribution in [0.4, 0.5) is 0 Å². The summed E-state index contributed by atoms with van der Waals surface area (Å²) in [4.78, 5) is 0. The fraction of sp³-hybridized carbons (Fsp3) is 0.667. The molecule has 1 atom stereocenters. The van der Waals surface area contributed by atoms with Gasteiger partial charge in [-0.1, -0.05) is 64.6 Å². The lowest BCUT2D eigenvalue weighted by molar-refractivity contribution is 0.523. The number of hydrogen-bond donors (Lipinski definition) is 0. The molecule has 0 bridgehead atoms. The monoisotopic (exact) mass is 194 g/mol. The van der Waals surface area contributed by atoms with Crippen LogP contribution in [0.15, 0.2) is 23.0 Å². The maximum Gasteiger partial charge on any atom is 0.0948 e. The smallest absolute Gasteiger partial charge is 0.0927 e. The highest BCUT2D eigenvalue weighted by molar-refractivity contribution is 6.75. The summed E-state index contributed by atoms with van der Waals surface area (Å²) in [5.41, 5.74) is 2.84. The van der Waals surface area contributed by atoms with Crippen molar-refractivity contribution >= 4 is 8.80 Å². The molecular formula is C12H22Si. The van der Waals surface area contributed by atoms with E-state index in [0.717, 1.165) is 0 Å². The normalized spacial score (nSPS) is 23.5. The molecular weight excluding hydrogens is 172 g/mol. The minimum absolute atomic E-state index is 0.369. The van der Waals surface area contributed by atoms with Crippen molar-refractivity contribution < 1.29 is 0 Å². The Bertz CT molecular complexity index is 245. The predicted octanol–water partition coefficient (Wildman–Crippen LogP) is 3.63. The van der Waals surface area contributed by atoms with Crippen LogP contribution >= 0.6 is 0 Å². The van der Waals surface area contributed by atoms with Gasteiger partial charge < -0.3 is 0 Å². The van der Waals surface area contributed by atoms with E-state index >= 15 is 0 Å². The number of allylic oxidation sites excluding steroid dienone is 3. The van der Waals surface area contributed by atoms with E-state index in [1.165, 1.54) is 0 Å². The third kappa shape index (κ3) is 2.34. The van der Waals surface area contributed by atoms with Crippen LogP contribution in [0.2, 0.25) is 5.04 Å². The molecule has 1 rings (SSSR count). The van der Waals surface area contributed by atoms with Gasteiger partial charge in [-0.15, -0.1) is 0 Å². The predicted molar refractivity (Wildman–Crippen MR) is 63.5 cm³/mol. The molecule has 74 valence electrons. The number of hydrogen-bond acceptors (Lipinski definition) is 0. The van der Waals surface area contributed by atoms with Crippen LogP contribution in [0, 0.1) is 5.41 Å². The van der Waals surface area contributed by atoms with Gasteiger partial charge >= 0.3 is 0 Å². The quantitative estimate of drug-likeness (QED) is 0.517. The highest BCUT2D eigenvalue weighted by atomic mass is 28.3. The van der Waals surface area contributed by atoms with Crippen molar-refractivity contribution in [2.24, 2.45) is 5.41 Å². The molecule has 0 saturated heterocycles. The van der Waals surface area contributed by atoms with Crippen molar-refractivity contribution in [3.8, 4) is 0 Å². The van der Waals surface area contributed by atoms with Gasteiger partial charge in [-0.25, -0.2) is 0 Å². The molecule has 0 fully saturated rings. The summed E-state index contributed by atoms with van der Waals surface area (Å²) in [6, 6.07) is 0. The van der Waals surface area contributed by atoms with Crippen LogP contribution in [0.25, 0.3) is 0 Å². The lowest BCUT2D eigenvalue weighted by atomic mass is 9.96. The molecule has 1 heterocycles. The summed E-state index contributed by atoms with van der Waals surface area (Å²) in [5.74, 6) is 0. The first-order chi connectivity index (χ1) is 5.73. The fourth-order valence-electron chi connectivity index (χ4n) is 1.95. The highest BCUT2D eigenvalue weighted by Crippen LogP contribution is 2.41. The molecule has 0 aromatic carbocycles. The first-order valence-corrected chi connectivity index (χ1v) is 6.94. The largest absolute Gasteiger partial charge is 0.0948 e. The minimum atomic E-state index is -0.829. The third-order valence-electron chi connectivity index (χ3n) is 2.71. The Balaban J connectivity index is 2.92. The summed E-state index contributed by atoms with van der Waals surface area (Å²) in [6.07, 6.45) is 4.62. The van der Waals surface area contributed by atoms with Crippen LogP contribution in [-0.2, 0) is 0 Å². The minimum Gasteiger partial charge on any atom is -0.0927 e. The van der Waals surface area contributed by atoms with E-state index in [9.17, 15) is 0 Å². The Kier molecular flexibility index (Phi) is 2.59. The van der Waals surface area contributed by atoms with Crippen LogP contribution in [0.5, 0.6) is 0 Å². The van der Waals surface area contributed by atoms with Gasteiger partial charge in [0.25, 0.3) is 0 Å². The number of rotatable bonds is 0. The lowest BCUT2D eigenvalue weighted by Gasteiger charge is -2.33. The zero-order chi connectivity index (χ0) is 10.3. The van der Waals surface area contributed by atoms with Crippen molar-refractivity contribution in [1.82, 2.24) is 0 Å². The standard InChI is InChI=1S/C12H22Si/c1-11(2,3)10-8-7-9-13(10)12(4,5)6/h7-9,13H,1-6H3. The summed E-state index contributed by atoms with van der Waals surface area (Å²) in [5, 5.41) is 2.20. The lowest BCUT2D eigenvalue weighted by Crippen LogP contribution is -2.31. The summed E-state index contributed by atoms with van der Waals surface area (Å²) < 4.78 is 0. The van der Waals surface area contributed by atoms with Crippen molar-refractivity contribution in [3.63, 3.8) is 0 Å². The highest BCUT2D eigenvalue weighted by Gasteiger charge is 2.34. The molecule has 1 heteroatoms. The van der Waals surface area contributed by atoms with Crippen LogP contribution in [-0.4, -0.2) is 8.80 Å². The Hall–Kier alpha value is -0.303. The van der Waals surface area contributed by atoms with E-state index in [1.807, 2.05) is 0 Å². The molecule has 0 spiro atoms. The topological polar surface area (TPSA) is 0 Å². The van der Waals surface area contributed by atoms with E-state index in [1.54, 1.807) is 5.20 Å². The molecule has 0 N–H and O–H groups in total. The first kappa shape index (κ1) is 10.8. The Morgan fingerprint density at radius 1 is 1.00 bits per heavy atom. The van der Waals surface area contributed by atoms with Gasteiger partial charge in [-0.05, 0) is 10.5 Å². The zero-order valence-corrected chi connectivity index (χ0v) is 11.0. The van der Waals surface area contributed by atoms with Gasteiger partial charge in [0.1, 0.15) is 0 Å². The molecule has 0 amide bonds. The summed E-state index contributed by atoms with van der Waals surface area (Å²) in [7, 11) is -0.829. The average molecular weight is 194 g/mol. The van der Waals surface area contributed by atoms with E-state index in [0.29, 0.717) is 10.5 Å². The van der Waals surface area contributed by atoms with Gasteiger partial charge in [-0.3, -0.25) is 0 Å². The Morgan fingerprint density at radius 3 is 1.85 bits per heavy atom. The first-order valence-electron chi connectivity index (χ1n) is 5.12. The second-order valence-corrected chi connectivity index (χ2v) is 9.79. The maximum absolute atomic E-state index is 2.47. The third-order valence-corrected chi connectivity index (χ3v) is 6.92. The fourth-order valence-corrected chi connectivity index (χ4v) is 5.25. The summed E-state index contributed by atoms with van der Waals surface area (Å²) in [6.45, 7) is 14.1. The summed E-state index contributed by atoms with van der Waals surface area (Å²) >= 11 is 0. The van der Waals surface area contributed by atoms with Crippen LogP contribution in [0.1, 0.15) is 41.5 Å². The molecule has 0 saturated carbocycles. The molecule has 1 aliphatic rings. The van der Waals surface area contributed by atoms with Gasteiger partial charge in [0.2, 0.25) is 0 Å². The second-order valence-electron chi connectivity index (χ2n) is 6.10. The maximum atomic E-state index is 2.47. The molecule has 1 aliphatic heterocycles. The van der Waals surface area contributed by atoms with Gasteiger partial charge in [-0.2, -0.15) is 0 Å². The average Bonchev–Trinajstić information content (AvgIpc) is 2.27. The Labute approximate surface area is 84.3 Å². The Morgan fingerprint density at radius 2 is 1.54 bits per heavy atom. The van der Waals surface area contributed by atoms with E-state index in [2.05, 4.69) is 59.4 Å². The van der Waals surface area contributed by atoms with Crippen molar-refractivity contribution in [2.45, 2.75) is 46.6 Å². The second kappa shape index (κ2) is 3.12. The van der Waals surface area contributed by atoms with Crippen molar-refractivity contribution in [3.05, 3.63) is 23.0 Å². The molecule has 0 aromatic heterocycles. The molecule has 0 radical (unpaired) electrons. The molecule has 0 aliphatic carbocycles. The zero-order valence-electron chi connectivity index (χ0n) is 9.81. The van der Waals surface area contributed by atoms with Gasteiger partial charge in [0.05, 0.1) is 8.80 Å². The van der Waals surface area contributed by atoms with Crippen molar-refractivity contribution in [1.29, 1.82) is 0 Å². The molecule has 1 unspecified atom stereocenters. The van der Waals surface area contributed by atoms with E-state index in [-0.39, 0.29) is 0 Å². The van der Waals surface area contributed by atoms with Crippen LogP contribution in [0.3, 0.4) is 0 Å².